The van der Waals surface area contributed by atoms with Gasteiger partial charge in [0.25, 0.3) is 11.8 Å². The second kappa shape index (κ2) is 20.4. The maximum absolute atomic E-state index is 12.1. The number of benzene rings is 1. The molecule has 0 aliphatic heterocycles. The van der Waals surface area contributed by atoms with Gasteiger partial charge in [0.1, 0.15) is 0 Å². The quantitative estimate of drug-likeness (QED) is 0.237. The van der Waals surface area contributed by atoms with Crippen LogP contribution in [0.2, 0.25) is 0 Å². The average Bonchev–Trinajstić information content (AvgIpc) is 2.73. The number of nitrogens with two attached hydrogens (primary N) is 1. The van der Waals surface area contributed by atoms with Crippen LogP contribution < -0.4 is 16.6 Å². The lowest BCUT2D eigenvalue weighted by Gasteiger charge is -2.12. The first-order valence-electron chi connectivity index (χ1n) is 9.00. The third kappa shape index (κ3) is 11.0. The third-order valence-corrected chi connectivity index (χ3v) is 2.52. The molecule has 0 aliphatic rings. The van der Waals surface area contributed by atoms with E-state index in [0.29, 0.717) is 11.3 Å². The van der Waals surface area contributed by atoms with E-state index in [0.717, 1.165) is 0 Å². The van der Waals surface area contributed by atoms with Gasteiger partial charge in [-0.2, -0.15) is 0 Å². The lowest BCUT2D eigenvalue weighted by atomic mass is 10.1. The topological polar surface area (TPSA) is 84.2 Å². The van der Waals surface area contributed by atoms with Gasteiger partial charge in [0.05, 0.1) is 11.3 Å². The van der Waals surface area contributed by atoms with Crippen molar-refractivity contribution in [3.8, 4) is 0 Å². The van der Waals surface area contributed by atoms with E-state index in [-0.39, 0.29) is 11.5 Å². The van der Waals surface area contributed by atoms with Gasteiger partial charge >= 0.3 is 0 Å². The summed E-state index contributed by atoms with van der Waals surface area (Å²) in [5.74, 6) is 4.31. The highest BCUT2D eigenvalue weighted by Gasteiger charge is 2.15. The van der Waals surface area contributed by atoms with E-state index in [1.54, 1.807) is 37.3 Å². The molecule has 4 N–H and O–H groups in total. The summed E-state index contributed by atoms with van der Waals surface area (Å²) >= 11 is 0. The Bertz CT molecular complexity index is 562. The highest BCUT2D eigenvalue weighted by Crippen LogP contribution is 2.09. The molecule has 0 heterocycles. The van der Waals surface area contributed by atoms with Gasteiger partial charge in [-0.15, -0.1) is 0 Å². The van der Waals surface area contributed by atoms with Crippen molar-refractivity contribution in [3.05, 3.63) is 72.0 Å². The molecule has 1 aromatic carbocycles. The summed E-state index contributed by atoms with van der Waals surface area (Å²) < 4.78 is 0. The van der Waals surface area contributed by atoms with Gasteiger partial charge in [-0.3, -0.25) is 15.0 Å². The molecule has 0 aromatic heterocycles. The molecule has 1 aromatic rings. The van der Waals surface area contributed by atoms with E-state index in [1.807, 2.05) is 53.0 Å². The SMILES string of the molecule is C=C/C=C(NC(=O)c1ccccc1)\C(=C/C)C(=O)NN.CC.CC.CC. The molecule has 0 unspecified atom stereocenters. The van der Waals surface area contributed by atoms with Crippen LogP contribution >= 0.6 is 0 Å². The Balaban J connectivity index is -0.000000795. The van der Waals surface area contributed by atoms with Gasteiger partial charge in [-0.1, -0.05) is 78.5 Å². The molecule has 0 radical (unpaired) electrons. The molecule has 0 bridgehead atoms. The number of hydrogen-bond donors (Lipinski definition) is 3. The summed E-state index contributed by atoms with van der Waals surface area (Å²) in [6.45, 7) is 17.2. The minimum Gasteiger partial charge on any atom is -0.321 e. The number of allylic oxidation sites excluding steroid dienone is 3. The van der Waals surface area contributed by atoms with Gasteiger partial charge in [-0.25, -0.2) is 5.84 Å². The number of hydrogen-bond acceptors (Lipinski definition) is 3. The van der Waals surface area contributed by atoms with E-state index in [9.17, 15) is 9.59 Å². The van der Waals surface area contributed by atoms with Crippen molar-refractivity contribution in [1.29, 1.82) is 0 Å². The fourth-order valence-corrected chi connectivity index (χ4v) is 1.59. The number of carbonyl (C=O) groups excluding carboxylic acids is 2. The molecule has 5 heteroatoms. The van der Waals surface area contributed by atoms with Gasteiger partial charge < -0.3 is 5.32 Å². The lowest BCUT2D eigenvalue weighted by molar-refractivity contribution is -0.117. The highest BCUT2D eigenvalue weighted by atomic mass is 16.2. The lowest BCUT2D eigenvalue weighted by Crippen LogP contribution is -2.35. The maximum Gasteiger partial charge on any atom is 0.266 e. The fourth-order valence-electron chi connectivity index (χ4n) is 1.59. The van der Waals surface area contributed by atoms with Gasteiger partial charge in [0.2, 0.25) is 0 Å². The molecule has 0 aliphatic carbocycles. The van der Waals surface area contributed by atoms with Crippen molar-refractivity contribution in [3.63, 3.8) is 0 Å². The molecule has 146 valence electrons. The molecular weight excluding hydrogens is 326 g/mol. The predicted molar refractivity (Wildman–Crippen MR) is 112 cm³/mol. The minimum atomic E-state index is -0.492. The van der Waals surface area contributed by atoms with Crippen LogP contribution in [0.3, 0.4) is 0 Å². The summed E-state index contributed by atoms with van der Waals surface area (Å²) in [6.07, 6.45) is 4.57. The number of rotatable bonds is 5. The Morgan fingerprint density at radius 3 is 1.88 bits per heavy atom. The standard InChI is InChI=1S/C15H17N3O2.3C2H6/c1-3-8-13(12(4-2)15(20)18-16)17-14(19)11-9-6-5-7-10-11;3*1-2/h3-10H,1,16H2,2H3,(H,17,19)(H,18,20);3*1-2H3/b12-4+,13-8+;;;. The zero-order valence-corrected chi connectivity index (χ0v) is 17.2. The Labute approximate surface area is 159 Å². The van der Waals surface area contributed by atoms with Crippen molar-refractivity contribution in [2.45, 2.75) is 48.5 Å². The molecular formula is C21H35N3O2. The van der Waals surface area contributed by atoms with Crippen LogP contribution in [0.15, 0.2) is 66.4 Å². The van der Waals surface area contributed by atoms with Crippen LogP contribution in [0.5, 0.6) is 0 Å². The van der Waals surface area contributed by atoms with Crippen molar-refractivity contribution in [2.24, 2.45) is 5.84 Å². The smallest absolute Gasteiger partial charge is 0.266 e. The van der Waals surface area contributed by atoms with E-state index in [4.69, 9.17) is 5.84 Å². The van der Waals surface area contributed by atoms with Crippen molar-refractivity contribution < 1.29 is 9.59 Å². The van der Waals surface area contributed by atoms with Crippen molar-refractivity contribution in [1.82, 2.24) is 10.7 Å². The third-order valence-electron chi connectivity index (χ3n) is 2.52. The van der Waals surface area contributed by atoms with Crippen LogP contribution in [0, 0.1) is 0 Å². The molecule has 0 saturated carbocycles. The second-order valence-corrected chi connectivity index (χ2v) is 3.81. The number of nitrogens with one attached hydrogen (secondary N) is 2. The largest absolute Gasteiger partial charge is 0.321 e. The molecule has 0 spiro atoms. The monoisotopic (exact) mass is 361 g/mol. The molecule has 0 atom stereocenters. The molecule has 26 heavy (non-hydrogen) atoms. The first-order valence-corrected chi connectivity index (χ1v) is 9.00. The Kier molecular flexibility index (Phi) is 22.1. The Morgan fingerprint density at radius 1 is 1.00 bits per heavy atom. The van der Waals surface area contributed by atoms with Gasteiger partial charge in [-0.05, 0) is 25.1 Å². The first kappa shape index (κ1) is 28.2. The van der Waals surface area contributed by atoms with Crippen LogP contribution in [0.4, 0.5) is 0 Å². The van der Waals surface area contributed by atoms with Crippen LogP contribution in [0.1, 0.15) is 58.8 Å². The molecule has 0 saturated heterocycles. The average molecular weight is 362 g/mol. The summed E-state index contributed by atoms with van der Waals surface area (Å²) in [7, 11) is 0. The Hall–Kier alpha value is -2.66. The van der Waals surface area contributed by atoms with E-state index < -0.39 is 5.91 Å². The summed E-state index contributed by atoms with van der Waals surface area (Å²) in [6, 6.07) is 8.69. The van der Waals surface area contributed by atoms with Crippen LogP contribution in [-0.4, -0.2) is 11.8 Å². The number of amides is 2. The summed E-state index contributed by atoms with van der Waals surface area (Å²) in [5.41, 5.74) is 3.12. The summed E-state index contributed by atoms with van der Waals surface area (Å²) in [4.78, 5) is 23.7. The molecule has 5 nitrogen and oxygen atoms in total. The first-order chi connectivity index (χ1) is 12.6. The van der Waals surface area contributed by atoms with Gasteiger partial charge in [0.15, 0.2) is 0 Å². The second-order valence-electron chi connectivity index (χ2n) is 3.81. The van der Waals surface area contributed by atoms with E-state index in [1.165, 1.54) is 12.2 Å². The van der Waals surface area contributed by atoms with Crippen LogP contribution in [-0.2, 0) is 4.79 Å². The van der Waals surface area contributed by atoms with Gasteiger partial charge in [0, 0.05) is 5.56 Å². The molecule has 1 rings (SSSR count). The van der Waals surface area contributed by atoms with E-state index in [2.05, 4.69) is 11.9 Å². The zero-order valence-electron chi connectivity index (χ0n) is 17.2. The normalized spacial score (nSPS) is 9.69. The van der Waals surface area contributed by atoms with Crippen molar-refractivity contribution in [2.75, 3.05) is 0 Å². The molecule has 2 amide bonds. The zero-order chi connectivity index (χ0) is 21.0. The minimum absolute atomic E-state index is 0.261. The fraction of sp³-hybridized carbons (Fsp3) is 0.333. The van der Waals surface area contributed by atoms with Crippen LogP contribution in [0.25, 0.3) is 0 Å². The maximum atomic E-state index is 12.1. The van der Waals surface area contributed by atoms with E-state index >= 15 is 0 Å². The number of carbonyl (C=O) groups is 2. The van der Waals surface area contributed by atoms with Crippen molar-refractivity contribution >= 4 is 11.8 Å². The predicted octanol–water partition coefficient (Wildman–Crippen LogP) is 4.50. The summed E-state index contributed by atoms with van der Waals surface area (Å²) in [5, 5.41) is 2.67. The molecule has 0 fully saturated rings. The number of hydrazine groups is 1. The Morgan fingerprint density at radius 2 is 1.50 bits per heavy atom. The highest BCUT2D eigenvalue weighted by molar-refractivity contribution is 6.01.